The molecule has 2 aromatic carbocycles. The predicted molar refractivity (Wildman–Crippen MR) is 89.5 cm³/mol. The number of carbonyl (C=O) groups is 1. The zero-order valence-electron chi connectivity index (χ0n) is 13.5. The number of carbonyl (C=O) groups excluding carboxylic acids is 1. The van der Waals surface area contributed by atoms with E-state index in [1.54, 1.807) is 19.4 Å². The molecule has 6 nitrogen and oxygen atoms in total. The lowest BCUT2D eigenvalue weighted by molar-refractivity contribution is 0.103. The van der Waals surface area contributed by atoms with Crippen molar-refractivity contribution in [2.45, 2.75) is 0 Å². The van der Waals surface area contributed by atoms with Crippen molar-refractivity contribution in [2.24, 2.45) is 0 Å². The summed E-state index contributed by atoms with van der Waals surface area (Å²) in [4.78, 5) is 15.9. The highest BCUT2D eigenvalue weighted by Crippen LogP contribution is 2.38. The number of ether oxygens (including phenoxy) is 3. The Morgan fingerprint density at radius 3 is 2.25 bits per heavy atom. The molecule has 0 saturated heterocycles. The van der Waals surface area contributed by atoms with Gasteiger partial charge in [0.1, 0.15) is 5.75 Å². The number of fused-ring (bicyclic) bond motifs is 1. The second-order valence-corrected chi connectivity index (χ2v) is 5.17. The molecule has 0 amide bonds. The van der Waals surface area contributed by atoms with Gasteiger partial charge in [0.05, 0.1) is 21.3 Å². The fourth-order valence-electron chi connectivity index (χ4n) is 2.60. The van der Waals surface area contributed by atoms with Gasteiger partial charge in [0.15, 0.2) is 17.3 Å². The molecule has 6 heteroatoms. The Kier molecular flexibility index (Phi) is 4.04. The quantitative estimate of drug-likeness (QED) is 0.704. The van der Waals surface area contributed by atoms with E-state index in [4.69, 9.17) is 14.2 Å². The Hall–Kier alpha value is -3.15. The van der Waals surface area contributed by atoms with Crippen molar-refractivity contribution in [3.8, 4) is 23.0 Å². The third kappa shape index (κ3) is 2.52. The minimum atomic E-state index is -0.206. The zero-order chi connectivity index (χ0) is 17.3. The maximum absolute atomic E-state index is 12.9. The maximum Gasteiger partial charge on any atom is 0.200 e. The lowest BCUT2D eigenvalue weighted by atomic mass is 10.0. The minimum Gasteiger partial charge on any atom is -0.502 e. The second-order valence-electron chi connectivity index (χ2n) is 5.17. The van der Waals surface area contributed by atoms with Crippen LogP contribution < -0.4 is 14.2 Å². The Morgan fingerprint density at radius 2 is 1.67 bits per heavy atom. The van der Waals surface area contributed by atoms with Gasteiger partial charge >= 0.3 is 0 Å². The smallest absolute Gasteiger partial charge is 0.200 e. The number of methoxy groups -OCH3 is 3. The van der Waals surface area contributed by atoms with E-state index in [9.17, 15) is 9.90 Å². The third-order valence-electron chi connectivity index (χ3n) is 3.88. The first-order valence-corrected chi connectivity index (χ1v) is 7.23. The van der Waals surface area contributed by atoms with E-state index >= 15 is 0 Å². The summed E-state index contributed by atoms with van der Waals surface area (Å²) < 4.78 is 15.4. The van der Waals surface area contributed by atoms with E-state index in [1.807, 2.05) is 12.1 Å². The number of ketones is 1. The van der Waals surface area contributed by atoms with E-state index in [2.05, 4.69) is 4.98 Å². The molecule has 1 heterocycles. The molecular formula is C18H17NO5. The number of rotatable bonds is 5. The summed E-state index contributed by atoms with van der Waals surface area (Å²) in [6.07, 6.45) is 1.65. The van der Waals surface area contributed by atoms with Gasteiger partial charge in [-0.2, -0.15) is 0 Å². The molecule has 0 aliphatic heterocycles. The zero-order valence-corrected chi connectivity index (χ0v) is 13.5. The fraction of sp³-hybridized carbons (Fsp3) is 0.167. The van der Waals surface area contributed by atoms with Gasteiger partial charge in [-0.05, 0) is 24.3 Å². The summed E-state index contributed by atoms with van der Waals surface area (Å²) in [5.41, 5.74) is 1.68. The molecule has 0 radical (unpaired) electrons. The molecule has 2 N–H and O–H groups in total. The first-order valence-electron chi connectivity index (χ1n) is 7.23. The van der Waals surface area contributed by atoms with Crippen LogP contribution in [-0.2, 0) is 0 Å². The van der Waals surface area contributed by atoms with Gasteiger partial charge in [-0.3, -0.25) is 4.79 Å². The molecule has 0 saturated carbocycles. The van der Waals surface area contributed by atoms with Crippen LogP contribution in [0.5, 0.6) is 23.0 Å². The van der Waals surface area contributed by atoms with Crippen molar-refractivity contribution in [3.63, 3.8) is 0 Å². The molecule has 0 bridgehead atoms. The molecule has 0 atom stereocenters. The Balaban J connectivity index is 2.09. The predicted octanol–water partition coefficient (Wildman–Crippen LogP) is 3.13. The van der Waals surface area contributed by atoms with Crippen molar-refractivity contribution in [2.75, 3.05) is 21.3 Å². The summed E-state index contributed by atoms with van der Waals surface area (Å²) in [5, 5.41) is 10.8. The fourth-order valence-corrected chi connectivity index (χ4v) is 2.60. The van der Waals surface area contributed by atoms with E-state index in [0.717, 1.165) is 10.9 Å². The first-order chi connectivity index (χ1) is 11.6. The summed E-state index contributed by atoms with van der Waals surface area (Å²) in [7, 11) is 4.42. The number of nitrogens with one attached hydrogen (secondary N) is 1. The molecule has 0 aliphatic rings. The lowest BCUT2D eigenvalue weighted by Gasteiger charge is -2.10. The summed E-state index contributed by atoms with van der Waals surface area (Å²) in [6.45, 7) is 0. The minimum absolute atomic E-state index is 0.139. The molecule has 0 aliphatic carbocycles. The van der Waals surface area contributed by atoms with Crippen LogP contribution in [0.1, 0.15) is 15.9 Å². The van der Waals surface area contributed by atoms with E-state index < -0.39 is 0 Å². The van der Waals surface area contributed by atoms with Crippen LogP contribution in [0.15, 0.2) is 36.5 Å². The van der Waals surface area contributed by atoms with Crippen LogP contribution in [-0.4, -0.2) is 37.2 Å². The van der Waals surface area contributed by atoms with Gasteiger partial charge in [0, 0.05) is 34.3 Å². The van der Waals surface area contributed by atoms with Gasteiger partial charge in [-0.1, -0.05) is 0 Å². The molecule has 124 valence electrons. The van der Waals surface area contributed by atoms with Crippen molar-refractivity contribution in [1.29, 1.82) is 0 Å². The van der Waals surface area contributed by atoms with Crippen molar-refractivity contribution >= 4 is 16.7 Å². The van der Waals surface area contributed by atoms with Crippen molar-refractivity contribution in [3.05, 3.63) is 47.7 Å². The molecular weight excluding hydrogens is 310 g/mol. The van der Waals surface area contributed by atoms with Gasteiger partial charge in [0.2, 0.25) is 5.75 Å². The Labute approximate surface area is 138 Å². The Morgan fingerprint density at radius 1 is 1.00 bits per heavy atom. The molecule has 3 rings (SSSR count). The molecule has 1 aromatic heterocycles. The summed E-state index contributed by atoms with van der Waals surface area (Å²) >= 11 is 0. The van der Waals surface area contributed by atoms with Crippen LogP contribution in [0.25, 0.3) is 10.9 Å². The number of benzene rings is 2. The number of phenols is 1. The van der Waals surface area contributed by atoms with Crippen LogP contribution in [0.2, 0.25) is 0 Å². The van der Waals surface area contributed by atoms with Crippen molar-refractivity contribution < 1.29 is 24.1 Å². The largest absolute Gasteiger partial charge is 0.502 e. The first kappa shape index (κ1) is 15.7. The van der Waals surface area contributed by atoms with Crippen LogP contribution in [0, 0.1) is 0 Å². The maximum atomic E-state index is 12.9. The molecule has 24 heavy (non-hydrogen) atoms. The summed E-state index contributed by atoms with van der Waals surface area (Å²) in [6, 6.07) is 8.42. The van der Waals surface area contributed by atoms with Crippen LogP contribution in [0.3, 0.4) is 0 Å². The van der Waals surface area contributed by atoms with Crippen molar-refractivity contribution in [1.82, 2.24) is 4.98 Å². The summed E-state index contributed by atoms with van der Waals surface area (Å²) in [5.74, 6) is 0.720. The SMILES string of the molecule is COc1ccc2c(C(=O)c3cc(OC)c(O)c(OC)c3)c[nH]c2c1. The normalized spacial score (nSPS) is 10.6. The number of hydrogen-bond acceptors (Lipinski definition) is 5. The Bertz CT molecular complexity index is 888. The number of aromatic amines is 1. The number of phenolic OH excluding ortho intramolecular Hbond substituents is 1. The van der Waals surface area contributed by atoms with Crippen LogP contribution >= 0.6 is 0 Å². The van der Waals surface area contributed by atoms with E-state index in [-0.39, 0.29) is 23.0 Å². The monoisotopic (exact) mass is 327 g/mol. The van der Waals surface area contributed by atoms with Gasteiger partial charge in [-0.25, -0.2) is 0 Å². The highest BCUT2D eigenvalue weighted by Gasteiger charge is 2.19. The number of aromatic nitrogens is 1. The third-order valence-corrected chi connectivity index (χ3v) is 3.88. The molecule has 3 aromatic rings. The van der Waals surface area contributed by atoms with Gasteiger partial charge < -0.3 is 24.3 Å². The second kappa shape index (κ2) is 6.16. The molecule has 0 unspecified atom stereocenters. The number of aromatic hydroxyl groups is 1. The number of hydrogen-bond donors (Lipinski definition) is 2. The highest BCUT2D eigenvalue weighted by molar-refractivity contribution is 6.16. The van der Waals surface area contributed by atoms with Gasteiger partial charge in [0.25, 0.3) is 0 Å². The van der Waals surface area contributed by atoms with Gasteiger partial charge in [-0.15, -0.1) is 0 Å². The highest BCUT2D eigenvalue weighted by atomic mass is 16.5. The van der Waals surface area contributed by atoms with E-state index in [0.29, 0.717) is 16.9 Å². The molecule has 0 fully saturated rings. The van der Waals surface area contributed by atoms with E-state index in [1.165, 1.54) is 26.4 Å². The topological polar surface area (TPSA) is 80.8 Å². The standard InChI is InChI=1S/C18H17NO5/c1-22-11-4-5-12-13(9-19-14(12)8-11)17(20)10-6-15(23-2)18(21)16(7-10)24-3/h4-9,19,21H,1-3H3. The average molecular weight is 327 g/mol. The average Bonchev–Trinajstić information content (AvgIpc) is 3.04. The lowest BCUT2D eigenvalue weighted by Crippen LogP contribution is -2.02. The number of H-pyrrole nitrogens is 1. The van der Waals surface area contributed by atoms with Crippen LogP contribution in [0.4, 0.5) is 0 Å². The molecule has 0 spiro atoms.